The molecule has 3 rings (SSSR count). The minimum Gasteiger partial charge on any atom is -0.322 e. The van der Waals surface area contributed by atoms with Gasteiger partial charge in [-0.3, -0.25) is 9.69 Å². The molecule has 0 saturated heterocycles. The Balaban J connectivity index is 1.63. The maximum Gasteiger partial charge on any atom is 0.238 e. The number of amides is 1. The van der Waals surface area contributed by atoms with E-state index in [1.807, 2.05) is 43.1 Å². The third kappa shape index (κ3) is 4.66. The Morgan fingerprint density at radius 3 is 2.44 bits per heavy atom. The molecule has 1 heterocycles. The molecule has 0 aliphatic carbocycles. The fourth-order valence-corrected chi connectivity index (χ4v) is 3.15. The first kappa shape index (κ1) is 19.4. The summed E-state index contributed by atoms with van der Waals surface area (Å²) in [5, 5.41) is 7.72. The van der Waals surface area contributed by atoms with Gasteiger partial charge in [0.05, 0.1) is 28.0 Å². The fraction of sp³-hybridized carbons (Fsp3) is 0.211. The van der Waals surface area contributed by atoms with Crippen molar-refractivity contribution in [3.63, 3.8) is 0 Å². The second-order valence-corrected chi connectivity index (χ2v) is 6.98. The van der Waals surface area contributed by atoms with E-state index in [4.69, 9.17) is 23.2 Å². The van der Waals surface area contributed by atoms with Gasteiger partial charge in [-0.1, -0.05) is 41.4 Å². The molecule has 0 radical (unpaired) electrons. The molecule has 2 aromatic carbocycles. The summed E-state index contributed by atoms with van der Waals surface area (Å²) in [5.74, 6) is -0.182. The molecule has 0 aliphatic rings. The molecule has 140 valence electrons. The molecule has 1 unspecified atom stereocenters. The van der Waals surface area contributed by atoms with Crippen LogP contribution in [0, 0.1) is 0 Å². The first-order valence-electron chi connectivity index (χ1n) is 8.35. The first-order valence-corrected chi connectivity index (χ1v) is 9.10. The van der Waals surface area contributed by atoms with E-state index in [1.165, 1.54) is 6.33 Å². The average molecular weight is 404 g/mol. The first-order chi connectivity index (χ1) is 13.0. The standard InChI is InChI=1S/C19H19Cl2N5O/c1-13(14-6-8-15(9-7-14)26-12-22-11-23-26)25(2)10-18(27)24-19-16(20)4-3-5-17(19)21/h3-9,11-13H,10H2,1-2H3,(H,24,27). The van der Waals surface area contributed by atoms with Crippen LogP contribution in [-0.2, 0) is 4.79 Å². The number of nitrogens with one attached hydrogen (secondary N) is 1. The Labute approximate surface area is 167 Å². The van der Waals surface area contributed by atoms with Crippen LogP contribution in [0.2, 0.25) is 10.0 Å². The zero-order chi connectivity index (χ0) is 19.4. The molecule has 1 aromatic heterocycles. The number of rotatable bonds is 6. The minimum atomic E-state index is -0.182. The number of anilines is 1. The van der Waals surface area contributed by atoms with Crippen LogP contribution in [-0.4, -0.2) is 39.2 Å². The van der Waals surface area contributed by atoms with Crippen molar-refractivity contribution in [3.8, 4) is 5.69 Å². The topological polar surface area (TPSA) is 63.1 Å². The highest BCUT2D eigenvalue weighted by molar-refractivity contribution is 6.39. The molecular weight excluding hydrogens is 385 g/mol. The second kappa shape index (κ2) is 8.52. The third-order valence-corrected chi connectivity index (χ3v) is 4.97. The van der Waals surface area contributed by atoms with Crippen LogP contribution in [0.5, 0.6) is 0 Å². The van der Waals surface area contributed by atoms with Crippen molar-refractivity contribution in [2.75, 3.05) is 18.9 Å². The van der Waals surface area contributed by atoms with Crippen molar-refractivity contribution >= 4 is 34.8 Å². The number of halogens is 2. The number of benzene rings is 2. The molecular formula is C19H19Cl2N5O. The van der Waals surface area contributed by atoms with Gasteiger partial charge in [-0.25, -0.2) is 9.67 Å². The maximum absolute atomic E-state index is 12.4. The maximum atomic E-state index is 12.4. The summed E-state index contributed by atoms with van der Waals surface area (Å²) >= 11 is 12.2. The predicted molar refractivity (Wildman–Crippen MR) is 107 cm³/mol. The molecule has 1 N–H and O–H groups in total. The Bertz CT molecular complexity index is 892. The van der Waals surface area contributed by atoms with E-state index in [2.05, 4.69) is 15.4 Å². The lowest BCUT2D eigenvalue weighted by Crippen LogP contribution is -2.32. The van der Waals surface area contributed by atoms with Gasteiger partial charge in [0.1, 0.15) is 12.7 Å². The number of hydrogen-bond donors (Lipinski definition) is 1. The van der Waals surface area contributed by atoms with Crippen molar-refractivity contribution in [2.45, 2.75) is 13.0 Å². The van der Waals surface area contributed by atoms with E-state index in [0.717, 1.165) is 11.3 Å². The van der Waals surface area contributed by atoms with E-state index in [9.17, 15) is 4.79 Å². The molecule has 3 aromatic rings. The molecule has 0 spiro atoms. The Morgan fingerprint density at radius 1 is 1.19 bits per heavy atom. The molecule has 0 saturated carbocycles. The Hall–Kier alpha value is -2.41. The largest absolute Gasteiger partial charge is 0.322 e. The van der Waals surface area contributed by atoms with Crippen LogP contribution in [0.25, 0.3) is 5.69 Å². The summed E-state index contributed by atoms with van der Waals surface area (Å²) in [7, 11) is 1.89. The highest BCUT2D eigenvalue weighted by atomic mass is 35.5. The van der Waals surface area contributed by atoms with Gasteiger partial charge in [-0.2, -0.15) is 5.10 Å². The Kier molecular flexibility index (Phi) is 6.11. The van der Waals surface area contributed by atoms with Crippen molar-refractivity contribution in [3.05, 3.63) is 70.7 Å². The number of carbonyl (C=O) groups excluding carboxylic acids is 1. The zero-order valence-electron chi connectivity index (χ0n) is 14.9. The molecule has 0 aliphatic heterocycles. The molecule has 1 amide bonds. The van der Waals surface area contributed by atoms with Gasteiger partial charge in [0, 0.05) is 6.04 Å². The van der Waals surface area contributed by atoms with E-state index < -0.39 is 0 Å². The van der Waals surface area contributed by atoms with Gasteiger partial charge in [0.25, 0.3) is 0 Å². The number of nitrogens with zero attached hydrogens (tertiary/aromatic N) is 4. The molecule has 8 heteroatoms. The molecule has 6 nitrogen and oxygen atoms in total. The van der Waals surface area contributed by atoms with Gasteiger partial charge in [0.15, 0.2) is 0 Å². The van der Waals surface area contributed by atoms with E-state index in [0.29, 0.717) is 15.7 Å². The fourth-order valence-electron chi connectivity index (χ4n) is 2.66. The van der Waals surface area contributed by atoms with Gasteiger partial charge >= 0.3 is 0 Å². The van der Waals surface area contributed by atoms with Crippen LogP contribution >= 0.6 is 23.2 Å². The summed E-state index contributed by atoms with van der Waals surface area (Å²) in [6, 6.07) is 13.1. The SMILES string of the molecule is CC(c1ccc(-n2cncn2)cc1)N(C)CC(=O)Nc1c(Cl)cccc1Cl. The van der Waals surface area contributed by atoms with Crippen LogP contribution in [0.3, 0.4) is 0 Å². The quantitative estimate of drug-likeness (QED) is 0.669. The predicted octanol–water partition coefficient (Wildman–Crippen LogP) is 4.21. The number of para-hydroxylation sites is 1. The lowest BCUT2D eigenvalue weighted by molar-refractivity contribution is -0.117. The Morgan fingerprint density at radius 2 is 1.85 bits per heavy atom. The third-order valence-electron chi connectivity index (χ3n) is 4.34. The molecule has 27 heavy (non-hydrogen) atoms. The van der Waals surface area contributed by atoms with E-state index >= 15 is 0 Å². The molecule has 0 fully saturated rings. The van der Waals surface area contributed by atoms with Gasteiger partial charge in [0.2, 0.25) is 5.91 Å². The monoisotopic (exact) mass is 403 g/mol. The van der Waals surface area contributed by atoms with Crippen molar-refractivity contribution in [1.82, 2.24) is 19.7 Å². The van der Waals surface area contributed by atoms with Crippen molar-refractivity contribution in [2.24, 2.45) is 0 Å². The number of aromatic nitrogens is 3. The van der Waals surface area contributed by atoms with E-state index in [1.54, 1.807) is 29.2 Å². The highest BCUT2D eigenvalue weighted by Crippen LogP contribution is 2.30. The van der Waals surface area contributed by atoms with Crippen LogP contribution in [0.15, 0.2) is 55.1 Å². The highest BCUT2D eigenvalue weighted by Gasteiger charge is 2.17. The second-order valence-electron chi connectivity index (χ2n) is 6.17. The number of carbonyl (C=O) groups is 1. The number of hydrogen-bond acceptors (Lipinski definition) is 4. The normalized spacial score (nSPS) is 12.2. The van der Waals surface area contributed by atoms with E-state index in [-0.39, 0.29) is 18.5 Å². The zero-order valence-corrected chi connectivity index (χ0v) is 16.4. The summed E-state index contributed by atoms with van der Waals surface area (Å²) in [6.45, 7) is 2.24. The smallest absolute Gasteiger partial charge is 0.238 e. The lowest BCUT2D eigenvalue weighted by atomic mass is 10.1. The number of likely N-dealkylation sites (N-methyl/N-ethyl adjacent to an activating group) is 1. The van der Waals surface area contributed by atoms with Gasteiger partial charge in [-0.05, 0) is 43.8 Å². The molecule has 1 atom stereocenters. The van der Waals surface area contributed by atoms with Crippen molar-refractivity contribution in [1.29, 1.82) is 0 Å². The summed E-state index contributed by atoms with van der Waals surface area (Å²) in [4.78, 5) is 18.3. The van der Waals surface area contributed by atoms with Crippen LogP contribution < -0.4 is 5.32 Å². The molecule has 0 bridgehead atoms. The average Bonchev–Trinajstić information content (AvgIpc) is 3.19. The lowest BCUT2D eigenvalue weighted by Gasteiger charge is -2.25. The van der Waals surface area contributed by atoms with Gasteiger partial charge < -0.3 is 5.32 Å². The summed E-state index contributed by atoms with van der Waals surface area (Å²) < 4.78 is 1.69. The van der Waals surface area contributed by atoms with Gasteiger partial charge in [-0.15, -0.1) is 0 Å². The van der Waals surface area contributed by atoms with Crippen LogP contribution in [0.1, 0.15) is 18.5 Å². The summed E-state index contributed by atoms with van der Waals surface area (Å²) in [5.41, 5.74) is 2.45. The minimum absolute atomic E-state index is 0.0438. The van der Waals surface area contributed by atoms with Crippen LogP contribution in [0.4, 0.5) is 5.69 Å². The van der Waals surface area contributed by atoms with Crippen molar-refractivity contribution < 1.29 is 4.79 Å². The summed E-state index contributed by atoms with van der Waals surface area (Å²) in [6.07, 6.45) is 3.14.